The predicted molar refractivity (Wildman–Crippen MR) is 66.0 cm³/mol. The molecular weight excluding hydrogens is 226 g/mol. The standard InChI is InChI=1S/C11H18ClN3O/c1-4-10-14-9(12)6-11(15-10)13-7-8(3)16-5-2/h6,8H,4-5,7H2,1-3H3,(H,13,14,15). The second-order valence-corrected chi connectivity index (χ2v) is 3.88. The minimum Gasteiger partial charge on any atom is -0.377 e. The minimum absolute atomic E-state index is 0.156. The lowest BCUT2D eigenvalue weighted by Crippen LogP contribution is -2.20. The van der Waals surface area contributed by atoms with Gasteiger partial charge in [0.25, 0.3) is 0 Å². The molecule has 0 saturated carbocycles. The van der Waals surface area contributed by atoms with Crippen LogP contribution in [0.25, 0.3) is 0 Å². The van der Waals surface area contributed by atoms with E-state index in [1.165, 1.54) is 0 Å². The molecule has 1 aromatic rings. The van der Waals surface area contributed by atoms with E-state index in [2.05, 4.69) is 15.3 Å². The van der Waals surface area contributed by atoms with Crippen LogP contribution in [0.2, 0.25) is 5.15 Å². The summed E-state index contributed by atoms with van der Waals surface area (Å²) in [6.07, 6.45) is 0.930. The molecule has 16 heavy (non-hydrogen) atoms. The van der Waals surface area contributed by atoms with Gasteiger partial charge in [0.1, 0.15) is 16.8 Å². The van der Waals surface area contributed by atoms with Crippen molar-refractivity contribution in [1.29, 1.82) is 0 Å². The van der Waals surface area contributed by atoms with E-state index in [0.29, 0.717) is 18.3 Å². The van der Waals surface area contributed by atoms with E-state index in [4.69, 9.17) is 16.3 Å². The lowest BCUT2D eigenvalue weighted by Gasteiger charge is -2.13. The van der Waals surface area contributed by atoms with Crippen LogP contribution < -0.4 is 5.32 Å². The first kappa shape index (κ1) is 13.2. The average molecular weight is 244 g/mol. The molecule has 1 unspecified atom stereocenters. The maximum Gasteiger partial charge on any atom is 0.134 e. The van der Waals surface area contributed by atoms with Gasteiger partial charge in [0, 0.05) is 25.6 Å². The van der Waals surface area contributed by atoms with Crippen molar-refractivity contribution in [3.8, 4) is 0 Å². The van der Waals surface area contributed by atoms with Crippen LogP contribution in [0.1, 0.15) is 26.6 Å². The number of nitrogens with one attached hydrogen (secondary N) is 1. The molecule has 4 nitrogen and oxygen atoms in total. The molecule has 0 fully saturated rings. The molecule has 0 aliphatic carbocycles. The van der Waals surface area contributed by atoms with E-state index in [9.17, 15) is 0 Å². The molecule has 1 aromatic heterocycles. The molecule has 0 bridgehead atoms. The summed E-state index contributed by atoms with van der Waals surface area (Å²) in [6.45, 7) is 7.42. The second-order valence-electron chi connectivity index (χ2n) is 3.49. The van der Waals surface area contributed by atoms with E-state index >= 15 is 0 Å². The lowest BCUT2D eigenvalue weighted by atomic mass is 10.4. The summed E-state index contributed by atoms with van der Waals surface area (Å²) in [4.78, 5) is 8.42. The molecular formula is C11H18ClN3O. The third-order valence-electron chi connectivity index (χ3n) is 2.08. The molecule has 1 heterocycles. The molecule has 0 radical (unpaired) electrons. The Morgan fingerprint density at radius 2 is 2.19 bits per heavy atom. The summed E-state index contributed by atoms with van der Waals surface area (Å²) in [5.74, 6) is 1.50. The Morgan fingerprint density at radius 3 is 2.81 bits per heavy atom. The van der Waals surface area contributed by atoms with Crippen LogP contribution in [-0.4, -0.2) is 29.2 Å². The normalized spacial score (nSPS) is 12.5. The molecule has 0 saturated heterocycles. The fraction of sp³-hybridized carbons (Fsp3) is 0.636. The Hall–Kier alpha value is -0.870. The monoisotopic (exact) mass is 243 g/mol. The van der Waals surface area contributed by atoms with E-state index in [-0.39, 0.29) is 6.10 Å². The van der Waals surface area contributed by atoms with Gasteiger partial charge < -0.3 is 10.1 Å². The van der Waals surface area contributed by atoms with Crippen LogP contribution in [0.3, 0.4) is 0 Å². The zero-order valence-corrected chi connectivity index (χ0v) is 10.7. The predicted octanol–water partition coefficient (Wildman–Crippen LogP) is 2.53. The zero-order chi connectivity index (χ0) is 12.0. The van der Waals surface area contributed by atoms with Gasteiger partial charge in [-0.1, -0.05) is 18.5 Å². The van der Waals surface area contributed by atoms with Crippen LogP contribution in [0.15, 0.2) is 6.07 Å². The Labute approximate surface area is 101 Å². The summed E-state index contributed by atoms with van der Waals surface area (Å²) < 4.78 is 5.41. The summed E-state index contributed by atoms with van der Waals surface area (Å²) >= 11 is 5.88. The third kappa shape index (κ3) is 4.33. The highest BCUT2D eigenvalue weighted by atomic mass is 35.5. The summed E-state index contributed by atoms with van der Waals surface area (Å²) in [7, 11) is 0. The first-order chi connectivity index (χ1) is 7.65. The fourth-order valence-electron chi connectivity index (χ4n) is 1.31. The molecule has 1 rings (SSSR count). The summed E-state index contributed by atoms with van der Waals surface area (Å²) in [5, 5.41) is 3.65. The average Bonchev–Trinajstić information content (AvgIpc) is 2.26. The van der Waals surface area contributed by atoms with Crippen LogP contribution in [0.4, 0.5) is 5.82 Å². The minimum atomic E-state index is 0.156. The molecule has 1 atom stereocenters. The van der Waals surface area contributed by atoms with Crippen molar-refractivity contribution in [3.05, 3.63) is 17.0 Å². The maximum absolute atomic E-state index is 5.88. The van der Waals surface area contributed by atoms with E-state index < -0.39 is 0 Å². The Balaban J connectivity index is 2.56. The third-order valence-corrected chi connectivity index (χ3v) is 2.27. The molecule has 0 aliphatic heterocycles. The number of halogens is 1. The van der Waals surface area contributed by atoms with E-state index in [0.717, 1.165) is 18.1 Å². The quantitative estimate of drug-likeness (QED) is 0.780. The van der Waals surface area contributed by atoms with Gasteiger partial charge in [0.15, 0.2) is 0 Å². The number of aryl methyl sites for hydroxylation is 1. The van der Waals surface area contributed by atoms with Gasteiger partial charge in [-0.15, -0.1) is 0 Å². The largest absolute Gasteiger partial charge is 0.377 e. The van der Waals surface area contributed by atoms with Crippen LogP contribution >= 0.6 is 11.6 Å². The van der Waals surface area contributed by atoms with Gasteiger partial charge in [0.05, 0.1) is 6.10 Å². The molecule has 1 N–H and O–H groups in total. The number of nitrogens with zero attached hydrogens (tertiary/aromatic N) is 2. The van der Waals surface area contributed by atoms with Crippen LogP contribution in [0.5, 0.6) is 0 Å². The maximum atomic E-state index is 5.88. The Morgan fingerprint density at radius 1 is 1.44 bits per heavy atom. The lowest BCUT2D eigenvalue weighted by molar-refractivity contribution is 0.0855. The highest BCUT2D eigenvalue weighted by Gasteiger charge is 2.04. The Bertz CT molecular complexity index is 333. The number of rotatable bonds is 6. The fourth-order valence-corrected chi connectivity index (χ4v) is 1.51. The van der Waals surface area contributed by atoms with Crippen molar-refractivity contribution < 1.29 is 4.74 Å². The molecule has 0 aromatic carbocycles. The van der Waals surface area contributed by atoms with Gasteiger partial charge in [-0.2, -0.15) is 0 Å². The zero-order valence-electron chi connectivity index (χ0n) is 9.96. The number of anilines is 1. The van der Waals surface area contributed by atoms with Gasteiger partial charge >= 0.3 is 0 Å². The molecule has 0 aliphatic rings. The number of hydrogen-bond acceptors (Lipinski definition) is 4. The number of hydrogen-bond donors (Lipinski definition) is 1. The van der Waals surface area contributed by atoms with Gasteiger partial charge in [-0.05, 0) is 13.8 Å². The van der Waals surface area contributed by atoms with Crippen molar-refractivity contribution in [2.24, 2.45) is 0 Å². The van der Waals surface area contributed by atoms with Gasteiger partial charge in [0.2, 0.25) is 0 Å². The summed E-state index contributed by atoms with van der Waals surface area (Å²) in [5.41, 5.74) is 0. The SMILES string of the molecule is CCOC(C)CNc1cc(Cl)nc(CC)n1. The highest BCUT2D eigenvalue weighted by Crippen LogP contribution is 2.12. The van der Waals surface area contributed by atoms with Crippen LogP contribution in [0, 0.1) is 0 Å². The van der Waals surface area contributed by atoms with Crippen LogP contribution in [-0.2, 0) is 11.2 Å². The smallest absolute Gasteiger partial charge is 0.134 e. The van der Waals surface area contributed by atoms with Crippen molar-refractivity contribution >= 4 is 17.4 Å². The number of ether oxygens (including phenoxy) is 1. The molecule has 0 amide bonds. The van der Waals surface area contributed by atoms with Crippen molar-refractivity contribution in [1.82, 2.24) is 9.97 Å². The first-order valence-electron chi connectivity index (χ1n) is 5.54. The topological polar surface area (TPSA) is 47.0 Å². The van der Waals surface area contributed by atoms with Crippen molar-refractivity contribution in [2.75, 3.05) is 18.5 Å². The molecule has 0 spiro atoms. The molecule has 90 valence electrons. The molecule has 5 heteroatoms. The Kier molecular flexibility index (Phi) is 5.49. The van der Waals surface area contributed by atoms with Gasteiger partial charge in [-0.25, -0.2) is 9.97 Å². The van der Waals surface area contributed by atoms with E-state index in [1.807, 2.05) is 20.8 Å². The first-order valence-corrected chi connectivity index (χ1v) is 5.92. The second kappa shape index (κ2) is 6.66. The van der Waals surface area contributed by atoms with Gasteiger partial charge in [-0.3, -0.25) is 0 Å². The van der Waals surface area contributed by atoms with E-state index in [1.54, 1.807) is 6.07 Å². The summed E-state index contributed by atoms with van der Waals surface area (Å²) in [6, 6.07) is 1.72. The number of aromatic nitrogens is 2. The van der Waals surface area contributed by atoms with Crippen molar-refractivity contribution in [3.63, 3.8) is 0 Å². The van der Waals surface area contributed by atoms with Crippen molar-refractivity contribution in [2.45, 2.75) is 33.3 Å². The highest BCUT2D eigenvalue weighted by molar-refractivity contribution is 6.29.